The number of benzene rings is 1. The molecule has 1 rings (SSSR count). The van der Waals surface area contributed by atoms with Crippen LogP contribution in [0.25, 0.3) is 0 Å². The summed E-state index contributed by atoms with van der Waals surface area (Å²) in [5.41, 5.74) is 6.56. The monoisotopic (exact) mass is 379 g/mol. The zero-order valence-electron chi connectivity index (χ0n) is 9.95. The maximum Gasteiger partial charge on any atom is 0.344 e. The first kappa shape index (κ1) is 15.5. The molecule has 0 spiro atoms. The fraction of sp³-hybridized carbons (Fsp3) is 0.417. The first-order chi connectivity index (χ1) is 8.49. The van der Waals surface area contributed by atoms with Gasteiger partial charge in [0, 0.05) is 0 Å². The highest BCUT2D eigenvalue weighted by Gasteiger charge is 2.20. The van der Waals surface area contributed by atoms with E-state index in [1.165, 1.54) is 0 Å². The maximum absolute atomic E-state index is 11.0. The Balaban J connectivity index is 2.99. The molecular formula is C12H15Br2NO3. The van der Waals surface area contributed by atoms with Crippen LogP contribution in [-0.2, 0) is 11.2 Å². The molecule has 1 unspecified atom stereocenters. The van der Waals surface area contributed by atoms with E-state index in [-0.39, 0.29) is 0 Å². The van der Waals surface area contributed by atoms with Crippen LogP contribution in [-0.4, -0.2) is 23.7 Å². The third-order valence-corrected chi connectivity index (χ3v) is 3.58. The summed E-state index contributed by atoms with van der Waals surface area (Å²) in [6.07, 6.45) is 0.310. The van der Waals surface area contributed by atoms with E-state index in [0.717, 1.165) is 20.9 Å². The van der Waals surface area contributed by atoms with Gasteiger partial charge in [0.05, 0.1) is 8.95 Å². The van der Waals surface area contributed by atoms with Gasteiger partial charge in [0.25, 0.3) is 0 Å². The summed E-state index contributed by atoms with van der Waals surface area (Å²) >= 11 is 6.77. The molecule has 0 bridgehead atoms. The van der Waals surface area contributed by atoms with Crippen molar-refractivity contribution >= 4 is 37.8 Å². The van der Waals surface area contributed by atoms with Gasteiger partial charge in [-0.25, -0.2) is 4.79 Å². The van der Waals surface area contributed by atoms with Crippen molar-refractivity contribution in [1.29, 1.82) is 0 Å². The lowest BCUT2D eigenvalue weighted by Gasteiger charge is -2.16. The fourth-order valence-corrected chi connectivity index (χ4v) is 2.95. The van der Waals surface area contributed by atoms with Gasteiger partial charge in [-0.3, -0.25) is 0 Å². The number of aliphatic carboxylic acids is 1. The summed E-state index contributed by atoms with van der Waals surface area (Å²) in [5, 5.41) is 8.98. The largest absolute Gasteiger partial charge is 0.479 e. The minimum Gasteiger partial charge on any atom is -0.479 e. The third kappa shape index (κ3) is 3.96. The smallest absolute Gasteiger partial charge is 0.344 e. The van der Waals surface area contributed by atoms with Gasteiger partial charge in [0.1, 0.15) is 5.75 Å². The lowest BCUT2D eigenvalue weighted by molar-refractivity contribution is -0.145. The van der Waals surface area contributed by atoms with Crippen molar-refractivity contribution in [2.24, 2.45) is 5.73 Å². The highest BCUT2D eigenvalue weighted by Crippen LogP contribution is 2.35. The van der Waals surface area contributed by atoms with E-state index in [4.69, 9.17) is 15.6 Å². The lowest BCUT2D eigenvalue weighted by Crippen LogP contribution is -2.26. The summed E-state index contributed by atoms with van der Waals surface area (Å²) in [6.45, 7) is 2.33. The van der Waals surface area contributed by atoms with Gasteiger partial charge in [-0.2, -0.15) is 0 Å². The summed E-state index contributed by atoms with van der Waals surface area (Å²) in [7, 11) is 0. The second kappa shape index (κ2) is 7.11. The van der Waals surface area contributed by atoms with Gasteiger partial charge in [-0.1, -0.05) is 6.92 Å². The first-order valence-corrected chi connectivity index (χ1v) is 7.15. The van der Waals surface area contributed by atoms with Crippen molar-refractivity contribution in [2.45, 2.75) is 25.9 Å². The molecule has 18 heavy (non-hydrogen) atoms. The fourth-order valence-electron chi connectivity index (χ4n) is 1.49. The Kier molecular flexibility index (Phi) is 6.11. The molecule has 0 saturated heterocycles. The minimum absolute atomic E-state index is 0.402. The van der Waals surface area contributed by atoms with Gasteiger partial charge < -0.3 is 15.6 Å². The van der Waals surface area contributed by atoms with Crippen LogP contribution in [0.2, 0.25) is 0 Å². The molecule has 0 aliphatic rings. The third-order valence-electron chi connectivity index (χ3n) is 2.40. The van der Waals surface area contributed by atoms with Crippen molar-refractivity contribution < 1.29 is 14.6 Å². The molecule has 0 aliphatic heterocycles. The Morgan fingerprint density at radius 1 is 1.44 bits per heavy atom. The Bertz CT molecular complexity index is 414. The number of carboxylic acid groups (broad SMARTS) is 1. The van der Waals surface area contributed by atoms with Gasteiger partial charge in [-0.15, -0.1) is 0 Å². The number of hydrogen-bond acceptors (Lipinski definition) is 3. The summed E-state index contributed by atoms with van der Waals surface area (Å²) < 4.78 is 6.94. The van der Waals surface area contributed by atoms with Crippen molar-refractivity contribution in [3.05, 3.63) is 26.6 Å². The van der Waals surface area contributed by atoms with E-state index in [0.29, 0.717) is 18.7 Å². The van der Waals surface area contributed by atoms with Gasteiger partial charge >= 0.3 is 5.97 Å². The molecule has 1 atom stereocenters. The molecule has 1 aromatic carbocycles. The highest BCUT2D eigenvalue weighted by molar-refractivity contribution is 9.11. The SMILES string of the molecule is CCC(Oc1c(Br)cc(CCN)cc1Br)C(=O)O. The number of hydrogen-bond donors (Lipinski definition) is 2. The van der Waals surface area contributed by atoms with Crippen molar-refractivity contribution in [3.8, 4) is 5.75 Å². The molecule has 4 nitrogen and oxygen atoms in total. The van der Waals surface area contributed by atoms with Crippen LogP contribution in [0.5, 0.6) is 5.75 Å². The number of carboxylic acids is 1. The molecule has 0 fully saturated rings. The van der Waals surface area contributed by atoms with Crippen LogP contribution in [0.3, 0.4) is 0 Å². The van der Waals surface area contributed by atoms with Crippen LogP contribution in [0.15, 0.2) is 21.1 Å². The van der Waals surface area contributed by atoms with Crippen LogP contribution in [0.1, 0.15) is 18.9 Å². The van der Waals surface area contributed by atoms with Crippen LogP contribution in [0, 0.1) is 0 Å². The zero-order chi connectivity index (χ0) is 13.7. The second-order valence-corrected chi connectivity index (χ2v) is 5.49. The average molecular weight is 381 g/mol. The molecule has 0 aromatic heterocycles. The highest BCUT2D eigenvalue weighted by atomic mass is 79.9. The predicted octanol–water partition coefficient (Wildman–Crippen LogP) is 2.95. The Labute approximate surface area is 123 Å². The molecule has 0 saturated carbocycles. The van der Waals surface area contributed by atoms with E-state index in [1.807, 2.05) is 12.1 Å². The predicted molar refractivity (Wildman–Crippen MR) is 76.9 cm³/mol. The van der Waals surface area contributed by atoms with Gasteiger partial charge in [0.2, 0.25) is 0 Å². The molecule has 0 amide bonds. The topological polar surface area (TPSA) is 72.5 Å². The molecule has 0 aliphatic carbocycles. The van der Waals surface area contributed by atoms with Gasteiger partial charge in [-0.05, 0) is 68.9 Å². The number of carbonyl (C=O) groups is 1. The first-order valence-electron chi connectivity index (χ1n) is 5.57. The van der Waals surface area contributed by atoms with E-state index < -0.39 is 12.1 Å². The summed E-state index contributed by atoms with van der Waals surface area (Å²) in [4.78, 5) is 11.0. The Morgan fingerprint density at radius 3 is 2.39 bits per heavy atom. The van der Waals surface area contributed by atoms with E-state index in [9.17, 15) is 4.79 Å². The standard InChI is InChI=1S/C12H15Br2NO3/c1-2-10(12(16)17)18-11-8(13)5-7(3-4-15)6-9(11)14/h5-6,10H,2-4,15H2,1H3,(H,16,17). The summed E-state index contributed by atoms with van der Waals surface area (Å²) in [6, 6.07) is 3.78. The second-order valence-electron chi connectivity index (χ2n) is 3.78. The zero-order valence-corrected chi connectivity index (χ0v) is 13.1. The van der Waals surface area contributed by atoms with Crippen LogP contribution < -0.4 is 10.5 Å². The van der Waals surface area contributed by atoms with E-state index >= 15 is 0 Å². The number of rotatable bonds is 6. The molecular weight excluding hydrogens is 366 g/mol. The van der Waals surface area contributed by atoms with Crippen molar-refractivity contribution in [1.82, 2.24) is 0 Å². The molecule has 1 aromatic rings. The molecule has 100 valence electrons. The quantitative estimate of drug-likeness (QED) is 0.795. The molecule has 0 radical (unpaired) electrons. The Hall–Kier alpha value is -0.590. The minimum atomic E-state index is -0.970. The lowest BCUT2D eigenvalue weighted by atomic mass is 10.1. The molecule has 0 heterocycles. The van der Waals surface area contributed by atoms with E-state index in [2.05, 4.69) is 31.9 Å². The van der Waals surface area contributed by atoms with Crippen LogP contribution >= 0.6 is 31.9 Å². The van der Waals surface area contributed by atoms with Gasteiger partial charge in [0.15, 0.2) is 6.10 Å². The molecule has 6 heteroatoms. The number of ether oxygens (including phenoxy) is 1. The maximum atomic E-state index is 11.0. The summed E-state index contributed by atoms with van der Waals surface area (Å²) in [5.74, 6) is -0.465. The van der Waals surface area contributed by atoms with E-state index in [1.54, 1.807) is 6.92 Å². The van der Waals surface area contributed by atoms with Crippen molar-refractivity contribution in [3.63, 3.8) is 0 Å². The molecule has 3 N–H and O–H groups in total. The van der Waals surface area contributed by atoms with Crippen LogP contribution in [0.4, 0.5) is 0 Å². The average Bonchev–Trinajstić information content (AvgIpc) is 2.28. The number of halogens is 2. The normalized spacial score (nSPS) is 12.2. The number of nitrogens with two attached hydrogens (primary N) is 1. The van der Waals surface area contributed by atoms with Crippen molar-refractivity contribution in [2.75, 3.05) is 6.54 Å². The Morgan fingerprint density at radius 2 is 2.00 bits per heavy atom.